The number of rotatable bonds is 9. The molecule has 0 radical (unpaired) electrons. The van der Waals surface area contributed by atoms with Crippen LogP contribution in [0.3, 0.4) is 0 Å². The molecule has 0 bridgehead atoms. The van der Waals surface area contributed by atoms with Gasteiger partial charge in [0, 0.05) is 12.8 Å². The van der Waals surface area contributed by atoms with Crippen LogP contribution in [0.5, 0.6) is 0 Å². The molecule has 1 atom stereocenters. The summed E-state index contributed by atoms with van der Waals surface area (Å²) in [7, 11) is 1.88. The summed E-state index contributed by atoms with van der Waals surface area (Å²) in [6, 6.07) is 18.3. The van der Waals surface area contributed by atoms with Crippen LogP contribution in [0.25, 0.3) is 0 Å². The van der Waals surface area contributed by atoms with Gasteiger partial charge in [-0.15, -0.1) is 10.2 Å². The summed E-state index contributed by atoms with van der Waals surface area (Å²) < 4.78 is 15.8. The fraction of sp³-hybridized carbons (Fsp3) is 0.208. The first-order valence-corrected chi connectivity index (χ1v) is 12.1. The van der Waals surface area contributed by atoms with E-state index in [1.165, 1.54) is 17.8 Å². The van der Waals surface area contributed by atoms with E-state index in [0.29, 0.717) is 35.1 Å². The van der Waals surface area contributed by atoms with E-state index >= 15 is 0 Å². The maximum absolute atomic E-state index is 14.0. The van der Waals surface area contributed by atoms with Crippen molar-refractivity contribution in [2.75, 3.05) is 0 Å². The molecule has 1 N–H and O–H groups in total. The van der Waals surface area contributed by atoms with Crippen molar-refractivity contribution in [2.24, 2.45) is 7.05 Å². The molecule has 0 unspecified atom stereocenters. The first-order valence-electron chi connectivity index (χ1n) is 10.2. The molecule has 164 valence electrons. The highest BCUT2D eigenvalue weighted by atomic mass is 32.2. The molecular formula is C24H23FN4OS2. The molecule has 0 aliphatic heterocycles. The van der Waals surface area contributed by atoms with E-state index in [4.69, 9.17) is 0 Å². The fourth-order valence-electron chi connectivity index (χ4n) is 3.39. The number of thiophene rings is 1. The summed E-state index contributed by atoms with van der Waals surface area (Å²) in [5.74, 6) is 0.827. The largest absolute Gasteiger partial charge is 0.345 e. The third-order valence-electron chi connectivity index (χ3n) is 5.06. The summed E-state index contributed by atoms with van der Waals surface area (Å²) in [5, 5.41) is 16.4. The zero-order chi connectivity index (χ0) is 22.3. The van der Waals surface area contributed by atoms with Crippen LogP contribution in [0.2, 0.25) is 0 Å². The predicted molar refractivity (Wildman–Crippen MR) is 126 cm³/mol. The van der Waals surface area contributed by atoms with Gasteiger partial charge in [0.1, 0.15) is 5.82 Å². The van der Waals surface area contributed by atoms with Crippen molar-refractivity contribution < 1.29 is 9.18 Å². The van der Waals surface area contributed by atoms with E-state index in [2.05, 4.69) is 15.5 Å². The number of carbonyl (C=O) groups excluding carboxylic acids is 1. The topological polar surface area (TPSA) is 59.8 Å². The number of hydrogen-bond donors (Lipinski definition) is 1. The number of thioether (sulfide) groups is 1. The smallest absolute Gasteiger partial charge is 0.225 e. The SMILES string of the molecule is Cn1c(SCc2ccccc2F)nnc1[C@H](Cc1ccccc1)NC(=O)Cc1ccsc1. The molecule has 0 saturated heterocycles. The van der Waals surface area contributed by atoms with Crippen LogP contribution < -0.4 is 5.32 Å². The Bertz CT molecular complexity index is 1160. The number of benzene rings is 2. The van der Waals surface area contributed by atoms with Crippen molar-refractivity contribution in [3.8, 4) is 0 Å². The highest BCUT2D eigenvalue weighted by Gasteiger charge is 2.22. The Morgan fingerprint density at radius 3 is 2.62 bits per heavy atom. The second-order valence-corrected chi connectivity index (χ2v) is 9.12. The van der Waals surface area contributed by atoms with Gasteiger partial charge in [0.05, 0.1) is 12.5 Å². The van der Waals surface area contributed by atoms with Gasteiger partial charge in [-0.05, 0) is 46.0 Å². The molecule has 2 aromatic carbocycles. The first kappa shape index (κ1) is 22.2. The molecule has 0 spiro atoms. The minimum Gasteiger partial charge on any atom is -0.345 e. The van der Waals surface area contributed by atoms with Gasteiger partial charge in [-0.25, -0.2) is 4.39 Å². The molecule has 0 aliphatic carbocycles. The minimum atomic E-state index is -0.330. The molecule has 32 heavy (non-hydrogen) atoms. The number of halogens is 1. The minimum absolute atomic E-state index is 0.0621. The lowest BCUT2D eigenvalue weighted by molar-refractivity contribution is -0.121. The number of carbonyl (C=O) groups is 1. The Labute approximate surface area is 194 Å². The van der Waals surface area contributed by atoms with Gasteiger partial charge in [0.25, 0.3) is 0 Å². The molecule has 0 saturated carbocycles. The van der Waals surface area contributed by atoms with Crippen molar-refractivity contribution >= 4 is 29.0 Å². The number of hydrogen-bond acceptors (Lipinski definition) is 5. The Hall–Kier alpha value is -2.97. The number of aromatic nitrogens is 3. The summed E-state index contributed by atoms with van der Waals surface area (Å²) in [6.07, 6.45) is 0.918. The van der Waals surface area contributed by atoms with E-state index < -0.39 is 0 Å². The molecule has 8 heteroatoms. The van der Waals surface area contributed by atoms with Gasteiger partial charge in [-0.1, -0.05) is 60.3 Å². The molecule has 2 aromatic heterocycles. The summed E-state index contributed by atoms with van der Waals surface area (Å²) in [6.45, 7) is 0. The summed E-state index contributed by atoms with van der Waals surface area (Å²) in [4.78, 5) is 12.7. The second kappa shape index (κ2) is 10.6. The third kappa shape index (κ3) is 5.63. The maximum atomic E-state index is 14.0. The Morgan fingerprint density at radius 2 is 1.88 bits per heavy atom. The molecule has 4 aromatic rings. The Balaban J connectivity index is 1.52. The van der Waals surface area contributed by atoms with Gasteiger partial charge in [0.2, 0.25) is 5.91 Å². The monoisotopic (exact) mass is 466 g/mol. The average molecular weight is 467 g/mol. The zero-order valence-corrected chi connectivity index (χ0v) is 19.2. The van der Waals surface area contributed by atoms with Gasteiger partial charge >= 0.3 is 0 Å². The normalized spacial score (nSPS) is 11.9. The summed E-state index contributed by atoms with van der Waals surface area (Å²) in [5.41, 5.74) is 2.70. The van der Waals surface area contributed by atoms with Crippen molar-refractivity contribution in [1.82, 2.24) is 20.1 Å². The van der Waals surface area contributed by atoms with Crippen molar-refractivity contribution in [3.63, 3.8) is 0 Å². The Morgan fingerprint density at radius 1 is 1.09 bits per heavy atom. The molecule has 5 nitrogen and oxygen atoms in total. The first-order chi connectivity index (χ1) is 15.6. The second-order valence-electron chi connectivity index (χ2n) is 7.40. The van der Waals surface area contributed by atoms with E-state index in [1.54, 1.807) is 23.5 Å². The highest BCUT2D eigenvalue weighted by Crippen LogP contribution is 2.25. The standard InChI is InChI=1S/C24H23FN4OS2/c1-29-23(27-28-24(29)32-16-19-9-5-6-10-20(19)25)21(13-17-7-3-2-4-8-17)26-22(30)14-18-11-12-31-15-18/h2-12,15,21H,13-14,16H2,1H3,(H,26,30)/t21-/m0/s1. The molecular weight excluding hydrogens is 443 g/mol. The molecule has 0 aliphatic rings. The maximum Gasteiger partial charge on any atom is 0.225 e. The zero-order valence-electron chi connectivity index (χ0n) is 17.6. The van der Waals surface area contributed by atoms with Crippen LogP contribution in [-0.2, 0) is 30.4 Å². The third-order valence-corrected chi connectivity index (χ3v) is 6.86. The predicted octanol–water partition coefficient (Wildman–Crippen LogP) is 4.95. The van der Waals surface area contributed by atoms with Crippen molar-refractivity contribution in [1.29, 1.82) is 0 Å². The van der Waals surface area contributed by atoms with Crippen LogP contribution in [-0.4, -0.2) is 20.7 Å². The molecule has 0 fully saturated rings. The van der Waals surface area contributed by atoms with Crippen LogP contribution >= 0.6 is 23.1 Å². The lowest BCUT2D eigenvalue weighted by Crippen LogP contribution is -2.32. The van der Waals surface area contributed by atoms with Crippen LogP contribution in [0.4, 0.5) is 4.39 Å². The van der Waals surface area contributed by atoms with E-state index in [1.807, 2.05) is 64.8 Å². The van der Waals surface area contributed by atoms with Crippen LogP contribution in [0.15, 0.2) is 76.6 Å². The van der Waals surface area contributed by atoms with Crippen LogP contribution in [0.1, 0.15) is 28.6 Å². The average Bonchev–Trinajstić information content (AvgIpc) is 3.43. The van der Waals surface area contributed by atoms with Gasteiger partial charge in [0.15, 0.2) is 11.0 Å². The van der Waals surface area contributed by atoms with E-state index in [-0.39, 0.29) is 17.8 Å². The van der Waals surface area contributed by atoms with Crippen LogP contribution in [0, 0.1) is 5.82 Å². The van der Waals surface area contributed by atoms with Gasteiger partial charge in [-0.3, -0.25) is 4.79 Å². The Kier molecular flexibility index (Phi) is 7.34. The number of nitrogens with zero attached hydrogens (tertiary/aromatic N) is 3. The number of nitrogens with one attached hydrogen (secondary N) is 1. The van der Waals surface area contributed by atoms with E-state index in [9.17, 15) is 9.18 Å². The van der Waals surface area contributed by atoms with Crippen molar-refractivity contribution in [2.45, 2.75) is 29.8 Å². The summed E-state index contributed by atoms with van der Waals surface area (Å²) >= 11 is 2.99. The number of amides is 1. The van der Waals surface area contributed by atoms with Gasteiger partial charge in [-0.2, -0.15) is 11.3 Å². The van der Waals surface area contributed by atoms with Gasteiger partial charge < -0.3 is 9.88 Å². The molecule has 4 rings (SSSR count). The lowest BCUT2D eigenvalue weighted by Gasteiger charge is -2.18. The lowest BCUT2D eigenvalue weighted by atomic mass is 10.0. The van der Waals surface area contributed by atoms with Crippen molar-refractivity contribution in [3.05, 3.63) is 99.8 Å². The quantitative estimate of drug-likeness (QED) is 0.355. The molecule has 1 amide bonds. The highest BCUT2D eigenvalue weighted by molar-refractivity contribution is 7.98. The van der Waals surface area contributed by atoms with E-state index in [0.717, 1.165) is 11.1 Å². The fourth-order valence-corrected chi connectivity index (χ4v) is 4.97. The molecule has 2 heterocycles.